The molecule has 2 saturated heterocycles. The molecular formula is C22H28ClN5O2. The zero-order valence-electron chi connectivity index (χ0n) is 17.6. The maximum Gasteiger partial charge on any atom is 0.344 e. The lowest BCUT2D eigenvalue weighted by Crippen LogP contribution is -2.45. The number of carbonyl (C=O) groups excluding carboxylic acids is 2. The Hall–Kier alpha value is -2.38. The largest absolute Gasteiger partial charge is 0.344 e. The molecule has 8 heteroatoms. The number of hydrogen-bond acceptors (Lipinski definition) is 4. The highest BCUT2D eigenvalue weighted by Gasteiger charge is 2.41. The van der Waals surface area contributed by atoms with Gasteiger partial charge in [0.1, 0.15) is 0 Å². The zero-order valence-corrected chi connectivity index (χ0v) is 18.3. The van der Waals surface area contributed by atoms with Crippen LogP contribution in [0.2, 0.25) is 5.02 Å². The second kappa shape index (κ2) is 8.40. The molecular weight excluding hydrogens is 402 g/mol. The molecule has 0 N–H and O–H groups in total. The van der Waals surface area contributed by atoms with Gasteiger partial charge in [-0.2, -0.15) is 9.78 Å². The molecule has 1 aromatic heterocycles. The molecule has 0 atom stereocenters. The van der Waals surface area contributed by atoms with Crippen molar-refractivity contribution in [2.75, 3.05) is 38.1 Å². The van der Waals surface area contributed by atoms with E-state index in [-0.39, 0.29) is 11.9 Å². The molecule has 2 fully saturated rings. The molecule has 0 saturated carbocycles. The zero-order chi connectivity index (χ0) is 21.3. The van der Waals surface area contributed by atoms with Crippen molar-refractivity contribution in [1.82, 2.24) is 19.6 Å². The molecule has 30 heavy (non-hydrogen) atoms. The van der Waals surface area contributed by atoms with Gasteiger partial charge < -0.3 is 9.80 Å². The minimum atomic E-state index is -0.123. The van der Waals surface area contributed by atoms with Crippen LogP contribution in [0, 0.1) is 5.41 Å². The Kier molecular flexibility index (Phi) is 5.84. The highest BCUT2D eigenvalue weighted by molar-refractivity contribution is 6.30. The SMILES string of the molecule is CC(=O)N(C)c1cnn(C(=O)N2CCC3(CCN(Cc4cccc(Cl)c4)C3)CC2)c1. The Morgan fingerprint density at radius 1 is 1.20 bits per heavy atom. The van der Waals surface area contributed by atoms with Crippen molar-refractivity contribution in [2.45, 2.75) is 32.7 Å². The summed E-state index contributed by atoms with van der Waals surface area (Å²) in [5.74, 6) is -0.0922. The molecule has 0 bridgehead atoms. The lowest BCUT2D eigenvalue weighted by molar-refractivity contribution is -0.116. The van der Waals surface area contributed by atoms with Crippen LogP contribution in [0.5, 0.6) is 0 Å². The van der Waals surface area contributed by atoms with Gasteiger partial charge >= 0.3 is 6.03 Å². The van der Waals surface area contributed by atoms with E-state index in [9.17, 15) is 9.59 Å². The van der Waals surface area contributed by atoms with Gasteiger partial charge in [0.2, 0.25) is 5.91 Å². The van der Waals surface area contributed by atoms with Crippen LogP contribution in [0.15, 0.2) is 36.7 Å². The van der Waals surface area contributed by atoms with E-state index in [1.165, 1.54) is 28.5 Å². The first-order valence-corrected chi connectivity index (χ1v) is 10.8. The third-order valence-electron chi connectivity index (χ3n) is 6.53. The van der Waals surface area contributed by atoms with E-state index in [0.29, 0.717) is 11.1 Å². The predicted molar refractivity (Wildman–Crippen MR) is 117 cm³/mol. The third-order valence-corrected chi connectivity index (χ3v) is 6.77. The fraction of sp³-hybridized carbons (Fsp3) is 0.500. The Morgan fingerprint density at radius 2 is 1.93 bits per heavy atom. The number of halogens is 1. The van der Waals surface area contributed by atoms with E-state index in [0.717, 1.165) is 50.6 Å². The number of carbonyl (C=O) groups is 2. The molecule has 2 amide bonds. The molecule has 160 valence electrons. The van der Waals surface area contributed by atoms with Crippen LogP contribution in [0.1, 0.15) is 31.7 Å². The number of amides is 2. The fourth-order valence-corrected chi connectivity index (χ4v) is 4.77. The number of rotatable bonds is 3. The van der Waals surface area contributed by atoms with E-state index < -0.39 is 0 Å². The second-order valence-electron chi connectivity index (χ2n) is 8.58. The number of aromatic nitrogens is 2. The number of likely N-dealkylation sites (tertiary alicyclic amines) is 2. The number of anilines is 1. The van der Waals surface area contributed by atoms with Gasteiger partial charge in [-0.1, -0.05) is 23.7 Å². The first-order chi connectivity index (χ1) is 14.3. The van der Waals surface area contributed by atoms with Crippen molar-refractivity contribution >= 4 is 29.2 Å². The van der Waals surface area contributed by atoms with Crippen LogP contribution in [-0.2, 0) is 11.3 Å². The fourth-order valence-electron chi connectivity index (χ4n) is 4.55. The lowest BCUT2D eigenvalue weighted by atomic mass is 9.78. The average molecular weight is 430 g/mol. The van der Waals surface area contributed by atoms with Gasteiger partial charge in [-0.15, -0.1) is 0 Å². The van der Waals surface area contributed by atoms with Gasteiger partial charge in [0.25, 0.3) is 0 Å². The molecule has 0 radical (unpaired) electrons. The molecule has 1 aromatic carbocycles. The maximum absolute atomic E-state index is 12.8. The molecule has 2 aromatic rings. The van der Waals surface area contributed by atoms with Gasteiger partial charge in [-0.25, -0.2) is 4.79 Å². The maximum atomic E-state index is 12.8. The van der Waals surface area contributed by atoms with Crippen molar-refractivity contribution in [2.24, 2.45) is 5.41 Å². The van der Waals surface area contributed by atoms with Crippen LogP contribution in [0.4, 0.5) is 10.5 Å². The number of benzene rings is 1. The monoisotopic (exact) mass is 429 g/mol. The number of hydrogen-bond donors (Lipinski definition) is 0. The molecule has 7 nitrogen and oxygen atoms in total. The standard InChI is InChI=1S/C22H28ClN5O2/c1-17(29)25(2)20-13-24-28(15-20)21(30)27-10-7-22(8-11-27)6-9-26(16-22)14-18-4-3-5-19(23)12-18/h3-5,12-13,15H,6-11,14,16H2,1-2H3. The van der Waals surface area contributed by atoms with Crippen molar-refractivity contribution in [3.05, 3.63) is 47.2 Å². The van der Waals surface area contributed by atoms with Crippen LogP contribution in [0.3, 0.4) is 0 Å². The predicted octanol–water partition coefficient (Wildman–Crippen LogP) is 3.48. The van der Waals surface area contributed by atoms with Gasteiger partial charge in [0.15, 0.2) is 0 Å². The first-order valence-electron chi connectivity index (χ1n) is 10.4. The third kappa shape index (κ3) is 4.37. The summed E-state index contributed by atoms with van der Waals surface area (Å²) in [6, 6.07) is 7.95. The lowest BCUT2D eigenvalue weighted by Gasteiger charge is -2.39. The van der Waals surface area contributed by atoms with Crippen LogP contribution >= 0.6 is 11.6 Å². The molecule has 2 aliphatic rings. The van der Waals surface area contributed by atoms with Crippen molar-refractivity contribution in [3.63, 3.8) is 0 Å². The summed E-state index contributed by atoms with van der Waals surface area (Å²) < 4.78 is 1.34. The molecule has 1 spiro atoms. The summed E-state index contributed by atoms with van der Waals surface area (Å²) in [6.07, 6.45) is 6.36. The topological polar surface area (TPSA) is 61.7 Å². The number of nitrogens with zero attached hydrogens (tertiary/aromatic N) is 5. The summed E-state index contributed by atoms with van der Waals surface area (Å²) >= 11 is 6.12. The van der Waals surface area contributed by atoms with Crippen LogP contribution in [0.25, 0.3) is 0 Å². The van der Waals surface area contributed by atoms with E-state index in [1.54, 1.807) is 19.4 Å². The first kappa shape index (κ1) is 20.9. The van der Waals surface area contributed by atoms with Crippen molar-refractivity contribution in [1.29, 1.82) is 0 Å². The van der Waals surface area contributed by atoms with Gasteiger partial charge in [-0.05, 0) is 48.9 Å². The van der Waals surface area contributed by atoms with Gasteiger partial charge in [-0.3, -0.25) is 9.69 Å². The van der Waals surface area contributed by atoms with Crippen LogP contribution in [-0.4, -0.2) is 64.7 Å². The molecule has 3 heterocycles. The minimum absolute atomic E-state index is 0.0922. The molecule has 0 unspecified atom stereocenters. The highest BCUT2D eigenvalue weighted by atomic mass is 35.5. The highest BCUT2D eigenvalue weighted by Crippen LogP contribution is 2.41. The van der Waals surface area contributed by atoms with Crippen LogP contribution < -0.4 is 4.90 Å². The van der Waals surface area contributed by atoms with Gasteiger partial charge in [0.05, 0.1) is 18.1 Å². The van der Waals surface area contributed by atoms with Crippen molar-refractivity contribution < 1.29 is 9.59 Å². The summed E-state index contributed by atoms with van der Waals surface area (Å²) in [4.78, 5) is 30.2. The van der Waals surface area contributed by atoms with E-state index in [1.807, 2.05) is 23.1 Å². The Morgan fingerprint density at radius 3 is 2.63 bits per heavy atom. The summed E-state index contributed by atoms with van der Waals surface area (Å²) in [5.41, 5.74) is 2.16. The van der Waals surface area contributed by atoms with E-state index in [4.69, 9.17) is 11.6 Å². The quantitative estimate of drug-likeness (QED) is 0.749. The molecule has 2 aliphatic heterocycles. The Labute approximate surface area is 182 Å². The second-order valence-corrected chi connectivity index (χ2v) is 9.02. The molecule has 0 aliphatic carbocycles. The normalized spacial score (nSPS) is 18.7. The Bertz CT molecular complexity index is 935. The van der Waals surface area contributed by atoms with Gasteiger partial charge in [0, 0.05) is 45.2 Å². The van der Waals surface area contributed by atoms with E-state index >= 15 is 0 Å². The Balaban J connectivity index is 1.32. The summed E-state index contributed by atoms with van der Waals surface area (Å²) in [6.45, 7) is 6.03. The van der Waals surface area contributed by atoms with E-state index in [2.05, 4.69) is 16.1 Å². The summed E-state index contributed by atoms with van der Waals surface area (Å²) in [7, 11) is 1.67. The molecule has 4 rings (SSSR count). The number of piperidine rings is 1. The summed E-state index contributed by atoms with van der Waals surface area (Å²) in [5, 5.41) is 4.94. The minimum Gasteiger partial charge on any atom is -0.323 e. The average Bonchev–Trinajstić information content (AvgIpc) is 3.35. The smallest absolute Gasteiger partial charge is 0.323 e. The van der Waals surface area contributed by atoms with Crippen molar-refractivity contribution in [3.8, 4) is 0 Å².